The molecule has 0 saturated carbocycles. The van der Waals surface area contributed by atoms with Gasteiger partial charge in [0, 0.05) is 0 Å². The lowest BCUT2D eigenvalue weighted by Gasteiger charge is -2.12. The highest BCUT2D eigenvalue weighted by Gasteiger charge is 2.34. The lowest BCUT2D eigenvalue weighted by molar-refractivity contribution is -0.275. The number of alkyl halides is 3. The van der Waals surface area contributed by atoms with E-state index >= 15 is 0 Å². The Kier molecular flexibility index (Phi) is 6.09. The molecule has 0 amide bonds. The number of benzene rings is 2. The molecule has 0 spiro atoms. The molecule has 2 rings (SSSR count). The van der Waals surface area contributed by atoms with E-state index < -0.39 is 33.1 Å². The first-order chi connectivity index (χ1) is 12.2. The molecule has 0 heterocycles. The van der Waals surface area contributed by atoms with E-state index in [1.165, 1.54) is 24.3 Å². The Morgan fingerprint density at radius 1 is 1.04 bits per heavy atom. The molecule has 0 bridgehead atoms. The van der Waals surface area contributed by atoms with Crippen molar-refractivity contribution in [3.05, 3.63) is 54.6 Å². The Labute approximate surface area is 147 Å². The second-order valence-electron chi connectivity index (χ2n) is 4.67. The zero-order valence-electron chi connectivity index (χ0n) is 13.4. The van der Waals surface area contributed by atoms with Crippen molar-refractivity contribution < 1.29 is 35.8 Å². The van der Waals surface area contributed by atoms with E-state index in [2.05, 4.69) is 9.13 Å². The van der Waals surface area contributed by atoms with E-state index in [0.717, 1.165) is 12.1 Å². The lowest BCUT2D eigenvalue weighted by Crippen LogP contribution is -2.20. The van der Waals surface area contributed by atoms with Crippen LogP contribution in [0.15, 0.2) is 63.9 Å². The number of para-hydroxylation sites is 2. The summed E-state index contributed by atoms with van der Waals surface area (Å²) in [6, 6.07) is 12.3. The molecule has 2 aromatic rings. The largest absolute Gasteiger partial charge is 0.573 e. The SMILES string of the molecule is CCOC(=NS(=O)(=O)c1ccccc1OC(F)(F)F)Oc1ccccc1. The normalized spacial score (nSPS) is 12.5. The summed E-state index contributed by atoms with van der Waals surface area (Å²) in [6.45, 7) is 1.60. The molecule has 0 fully saturated rings. The van der Waals surface area contributed by atoms with Crippen LogP contribution in [0.1, 0.15) is 6.92 Å². The minimum Gasteiger partial charge on any atom is -0.450 e. The number of halogens is 3. The minimum atomic E-state index is -5.06. The second kappa shape index (κ2) is 8.09. The van der Waals surface area contributed by atoms with Crippen LogP contribution < -0.4 is 9.47 Å². The molecule has 0 saturated heterocycles. The molecule has 0 atom stereocenters. The third kappa shape index (κ3) is 5.66. The van der Waals surface area contributed by atoms with Crippen molar-refractivity contribution in [3.63, 3.8) is 0 Å². The fourth-order valence-corrected chi connectivity index (χ4v) is 2.81. The summed E-state index contributed by atoms with van der Waals surface area (Å²) in [5.74, 6) is -0.658. The molecule has 0 aliphatic carbocycles. The van der Waals surface area contributed by atoms with Crippen LogP contribution in [0.3, 0.4) is 0 Å². The topological polar surface area (TPSA) is 74.2 Å². The smallest absolute Gasteiger partial charge is 0.450 e. The van der Waals surface area contributed by atoms with E-state index in [-0.39, 0.29) is 12.4 Å². The van der Waals surface area contributed by atoms with Crippen LogP contribution in [-0.4, -0.2) is 27.5 Å². The third-order valence-corrected chi connectivity index (χ3v) is 4.05. The predicted molar refractivity (Wildman–Crippen MR) is 86.4 cm³/mol. The first-order valence-electron chi connectivity index (χ1n) is 7.27. The van der Waals surface area contributed by atoms with Crippen LogP contribution in [0, 0.1) is 0 Å². The van der Waals surface area contributed by atoms with Gasteiger partial charge in [-0.05, 0) is 31.2 Å². The van der Waals surface area contributed by atoms with Crippen LogP contribution in [0.25, 0.3) is 0 Å². The fraction of sp³-hybridized carbons (Fsp3) is 0.188. The third-order valence-electron chi connectivity index (χ3n) is 2.76. The Bertz CT molecular complexity index is 867. The lowest BCUT2D eigenvalue weighted by atomic mass is 10.3. The molecule has 0 aliphatic rings. The van der Waals surface area contributed by atoms with Crippen molar-refractivity contribution in [2.75, 3.05) is 6.61 Å². The van der Waals surface area contributed by atoms with Gasteiger partial charge in [-0.15, -0.1) is 13.2 Å². The summed E-state index contributed by atoms with van der Waals surface area (Å²) in [6.07, 6.45) is -5.68. The van der Waals surface area contributed by atoms with Crippen molar-refractivity contribution in [2.45, 2.75) is 18.2 Å². The van der Waals surface area contributed by atoms with Gasteiger partial charge in [0.1, 0.15) is 16.4 Å². The summed E-state index contributed by atoms with van der Waals surface area (Å²) in [5.41, 5.74) is 0. The summed E-state index contributed by atoms with van der Waals surface area (Å²) in [5, 5.41) is 0. The molecular weight excluding hydrogens is 375 g/mol. The van der Waals surface area contributed by atoms with Crippen LogP contribution in [0.4, 0.5) is 13.2 Å². The quantitative estimate of drug-likeness (QED) is 0.575. The van der Waals surface area contributed by atoms with Crippen LogP contribution >= 0.6 is 0 Å². The average Bonchev–Trinajstić information content (AvgIpc) is 2.54. The first-order valence-corrected chi connectivity index (χ1v) is 8.71. The number of hydrogen-bond donors (Lipinski definition) is 0. The monoisotopic (exact) mass is 389 g/mol. The highest BCUT2D eigenvalue weighted by atomic mass is 32.2. The molecular formula is C16H14F3NO5S. The summed E-state index contributed by atoms with van der Waals surface area (Å²) >= 11 is 0. The van der Waals surface area contributed by atoms with Gasteiger partial charge in [-0.1, -0.05) is 34.7 Å². The molecule has 10 heteroatoms. The number of rotatable bonds is 5. The van der Waals surface area contributed by atoms with Gasteiger partial charge >= 0.3 is 12.4 Å². The van der Waals surface area contributed by atoms with Crippen molar-refractivity contribution in [2.24, 2.45) is 4.40 Å². The van der Waals surface area contributed by atoms with Gasteiger partial charge in [0.25, 0.3) is 10.0 Å². The number of ether oxygens (including phenoxy) is 3. The van der Waals surface area contributed by atoms with Crippen molar-refractivity contribution >= 4 is 16.1 Å². The first kappa shape index (κ1) is 19.6. The van der Waals surface area contributed by atoms with Crippen LogP contribution in [0.5, 0.6) is 11.5 Å². The second-order valence-corrected chi connectivity index (χ2v) is 6.25. The number of nitrogens with zero attached hydrogens (tertiary/aromatic N) is 1. The van der Waals surface area contributed by atoms with E-state index in [1.54, 1.807) is 25.1 Å². The number of sulfonamides is 1. The van der Waals surface area contributed by atoms with Crippen LogP contribution in [-0.2, 0) is 14.8 Å². The van der Waals surface area contributed by atoms with Crippen molar-refractivity contribution in [1.29, 1.82) is 0 Å². The molecule has 0 N–H and O–H groups in total. The maximum atomic E-state index is 12.5. The molecule has 6 nitrogen and oxygen atoms in total. The maximum absolute atomic E-state index is 12.5. The van der Waals surface area contributed by atoms with Gasteiger partial charge < -0.3 is 14.2 Å². The Morgan fingerprint density at radius 2 is 1.65 bits per heavy atom. The Morgan fingerprint density at radius 3 is 2.27 bits per heavy atom. The van der Waals surface area contributed by atoms with Gasteiger partial charge in [-0.3, -0.25) is 0 Å². The molecule has 0 aromatic heterocycles. The molecule has 0 aliphatic heterocycles. The highest BCUT2D eigenvalue weighted by Crippen LogP contribution is 2.30. The highest BCUT2D eigenvalue weighted by molar-refractivity contribution is 7.90. The summed E-state index contributed by atoms with van der Waals surface area (Å²) in [4.78, 5) is -0.772. The van der Waals surface area contributed by atoms with Crippen molar-refractivity contribution in [3.8, 4) is 11.5 Å². The van der Waals surface area contributed by atoms with E-state index in [0.29, 0.717) is 0 Å². The minimum absolute atomic E-state index is 0.0296. The molecule has 0 unspecified atom stereocenters. The van der Waals surface area contributed by atoms with Crippen LogP contribution in [0.2, 0.25) is 0 Å². The van der Waals surface area contributed by atoms with Gasteiger partial charge in [-0.2, -0.15) is 8.42 Å². The zero-order valence-corrected chi connectivity index (χ0v) is 14.3. The van der Waals surface area contributed by atoms with Crippen molar-refractivity contribution in [1.82, 2.24) is 0 Å². The molecule has 2 aromatic carbocycles. The zero-order chi connectivity index (χ0) is 19.2. The van der Waals surface area contributed by atoms with E-state index in [4.69, 9.17) is 9.47 Å². The predicted octanol–water partition coefficient (Wildman–Crippen LogP) is 3.75. The number of hydrogen-bond acceptors (Lipinski definition) is 5. The standard InChI is InChI=1S/C16H14F3NO5S/c1-2-23-15(24-12-8-4-3-5-9-12)20-26(21,22)14-11-7-6-10-13(14)25-16(17,18)19/h3-11H,2H2,1H3. The Hall–Kier alpha value is -2.75. The molecule has 0 radical (unpaired) electrons. The van der Waals surface area contributed by atoms with Gasteiger partial charge in [-0.25, -0.2) is 0 Å². The van der Waals surface area contributed by atoms with Gasteiger partial charge in [0.2, 0.25) is 0 Å². The molecule has 26 heavy (non-hydrogen) atoms. The van der Waals surface area contributed by atoms with Gasteiger partial charge in [0.05, 0.1) is 6.61 Å². The van der Waals surface area contributed by atoms with E-state index in [1.807, 2.05) is 0 Å². The fourth-order valence-electron chi connectivity index (χ4n) is 1.81. The molecule has 140 valence electrons. The Balaban J connectivity index is 2.39. The maximum Gasteiger partial charge on any atom is 0.573 e. The summed E-state index contributed by atoms with van der Waals surface area (Å²) < 4.78 is 79.6. The average molecular weight is 389 g/mol. The summed E-state index contributed by atoms with van der Waals surface area (Å²) in [7, 11) is -4.59. The van der Waals surface area contributed by atoms with E-state index in [9.17, 15) is 21.6 Å². The van der Waals surface area contributed by atoms with Gasteiger partial charge in [0.15, 0.2) is 0 Å².